The molecule has 0 saturated carbocycles. The van der Waals surface area contributed by atoms with E-state index in [2.05, 4.69) is 10.6 Å². The van der Waals surface area contributed by atoms with E-state index in [4.69, 9.17) is 10.5 Å². The maximum absolute atomic E-state index is 13.9. The van der Waals surface area contributed by atoms with Crippen molar-refractivity contribution in [3.8, 4) is 0 Å². The predicted molar refractivity (Wildman–Crippen MR) is 147 cm³/mol. The highest BCUT2D eigenvalue weighted by Gasteiger charge is 2.36. The molecule has 212 valence electrons. The zero-order valence-corrected chi connectivity index (χ0v) is 23.3. The molecule has 39 heavy (non-hydrogen) atoms. The number of nitrogens with two attached hydrogens (primary N) is 1. The second-order valence-corrected chi connectivity index (χ2v) is 10.4. The van der Waals surface area contributed by atoms with Crippen LogP contribution in [0, 0.1) is 13.8 Å². The number of benzene rings is 2. The van der Waals surface area contributed by atoms with Gasteiger partial charge in [0, 0.05) is 19.5 Å². The fraction of sp³-hybridized carbons (Fsp3) is 0.448. The summed E-state index contributed by atoms with van der Waals surface area (Å²) in [5.41, 5.74) is 7.69. The molecule has 0 saturated heterocycles. The number of ether oxygens (including phenoxy) is 1. The Bertz CT molecular complexity index is 1150. The Labute approximate surface area is 229 Å². The van der Waals surface area contributed by atoms with Gasteiger partial charge in [-0.15, -0.1) is 0 Å². The number of rotatable bonds is 12. The summed E-state index contributed by atoms with van der Waals surface area (Å²) in [5.74, 6) is -1.77. The van der Waals surface area contributed by atoms with Crippen LogP contribution in [0.2, 0.25) is 0 Å². The summed E-state index contributed by atoms with van der Waals surface area (Å²) in [6, 6.07) is 12.5. The molecule has 2 rings (SSSR count). The molecule has 2 unspecified atom stereocenters. The molecule has 0 spiro atoms. The van der Waals surface area contributed by atoms with Crippen molar-refractivity contribution in [2.24, 2.45) is 5.73 Å². The maximum Gasteiger partial charge on any atom is 0.408 e. The second kappa shape index (κ2) is 14.3. The lowest BCUT2D eigenvalue weighted by atomic mass is 9.96. The third kappa shape index (κ3) is 10.0. The standard InChI is InChI=1S/C29H40N4O6/c1-19-11-12-22(20(2)17-19)25(26(36)31-18-21-9-7-6-8-10-21)33(15-16-34)27(37)23(13-14-24(30)35)32-28(38)39-29(3,4)5/h6-12,17,23,25,34H,13-16,18H2,1-5H3,(H2,30,35)(H,31,36)(H,32,38). The van der Waals surface area contributed by atoms with Gasteiger partial charge in [0.05, 0.1) is 6.61 Å². The highest BCUT2D eigenvalue weighted by Crippen LogP contribution is 2.27. The van der Waals surface area contributed by atoms with E-state index in [9.17, 15) is 24.3 Å². The lowest BCUT2D eigenvalue weighted by Crippen LogP contribution is -2.54. The molecule has 0 aromatic heterocycles. The number of primary amides is 1. The molecule has 0 radical (unpaired) electrons. The number of aliphatic hydroxyl groups is 1. The maximum atomic E-state index is 13.9. The van der Waals surface area contributed by atoms with Crippen LogP contribution in [0.1, 0.15) is 61.9 Å². The summed E-state index contributed by atoms with van der Waals surface area (Å²) < 4.78 is 5.31. The Hall–Kier alpha value is -3.92. The number of carbonyl (C=O) groups is 4. The SMILES string of the molecule is Cc1ccc(C(C(=O)NCc2ccccc2)N(CCO)C(=O)C(CCC(N)=O)NC(=O)OC(C)(C)C)c(C)c1. The van der Waals surface area contributed by atoms with Crippen LogP contribution >= 0.6 is 0 Å². The van der Waals surface area contributed by atoms with Gasteiger partial charge in [-0.3, -0.25) is 14.4 Å². The molecule has 2 aromatic carbocycles. The lowest BCUT2D eigenvalue weighted by Gasteiger charge is -2.34. The van der Waals surface area contributed by atoms with Gasteiger partial charge in [-0.25, -0.2) is 4.79 Å². The van der Waals surface area contributed by atoms with Gasteiger partial charge in [-0.2, -0.15) is 0 Å². The number of nitrogens with one attached hydrogen (secondary N) is 2. The van der Waals surface area contributed by atoms with Crippen LogP contribution in [0.5, 0.6) is 0 Å². The first-order chi connectivity index (χ1) is 18.3. The van der Waals surface area contributed by atoms with Crippen LogP contribution in [0.3, 0.4) is 0 Å². The van der Waals surface area contributed by atoms with Gasteiger partial charge in [0.2, 0.25) is 17.7 Å². The molecule has 4 amide bonds. The predicted octanol–water partition coefficient (Wildman–Crippen LogP) is 2.64. The van der Waals surface area contributed by atoms with Crippen molar-refractivity contribution in [2.75, 3.05) is 13.2 Å². The number of amides is 4. The van der Waals surface area contributed by atoms with Crippen molar-refractivity contribution < 1.29 is 29.0 Å². The molecule has 2 atom stereocenters. The number of hydrogen-bond donors (Lipinski definition) is 4. The zero-order valence-electron chi connectivity index (χ0n) is 23.3. The van der Waals surface area contributed by atoms with E-state index in [1.54, 1.807) is 26.8 Å². The first-order valence-corrected chi connectivity index (χ1v) is 12.9. The smallest absolute Gasteiger partial charge is 0.408 e. The van der Waals surface area contributed by atoms with Crippen molar-refractivity contribution in [3.63, 3.8) is 0 Å². The summed E-state index contributed by atoms with van der Waals surface area (Å²) in [5, 5.41) is 15.3. The van der Waals surface area contributed by atoms with Crippen LogP contribution in [-0.4, -0.2) is 58.6 Å². The Balaban J connectivity index is 2.48. The molecular weight excluding hydrogens is 500 g/mol. The van der Waals surface area contributed by atoms with Crippen LogP contribution in [0.15, 0.2) is 48.5 Å². The minimum absolute atomic E-state index is 0.111. The van der Waals surface area contributed by atoms with Crippen molar-refractivity contribution in [1.82, 2.24) is 15.5 Å². The summed E-state index contributed by atoms with van der Waals surface area (Å²) in [6.07, 6.45) is -1.15. The fourth-order valence-electron chi connectivity index (χ4n) is 4.13. The Morgan fingerprint density at radius 1 is 1.05 bits per heavy atom. The molecule has 0 aliphatic heterocycles. The second-order valence-electron chi connectivity index (χ2n) is 10.4. The summed E-state index contributed by atoms with van der Waals surface area (Å²) in [6.45, 7) is 8.39. The number of aryl methyl sites for hydroxylation is 2. The normalized spacial score (nSPS) is 12.7. The molecule has 5 N–H and O–H groups in total. The minimum atomic E-state index is -1.23. The van der Waals surface area contributed by atoms with Crippen molar-refractivity contribution in [2.45, 2.75) is 71.7 Å². The number of aliphatic hydroxyl groups excluding tert-OH is 1. The van der Waals surface area contributed by atoms with E-state index in [-0.39, 0.29) is 25.9 Å². The van der Waals surface area contributed by atoms with E-state index >= 15 is 0 Å². The zero-order chi connectivity index (χ0) is 29.2. The Kier molecular flexibility index (Phi) is 11.5. The number of hydrogen-bond acceptors (Lipinski definition) is 6. The van der Waals surface area contributed by atoms with Gasteiger partial charge < -0.3 is 31.1 Å². The monoisotopic (exact) mass is 540 g/mol. The van der Waals surface area contributed by atoms with Gasteiger partial charge in [0.1, 0.15) is 17.7 Å². The first kappa shape index (κ1) is 31.3. The van der Waals surface area contributed by atoms with E-state index in [1.165, 1.54) is 4.90 Å². The van der Waals surface area contributed by atoms with E-state index in [0.717, 1.165) is 16.7 Å². The molecular formula is C29H40N4O6. The highest BCUT2D eigenvalue weighted by molar-refractivity contribution is 5.92. The van der Waals surface area contributed by atoms with Crippen LogP contribution < -0.4 is 16.4 Å². The topological polar surface area (TPSA) is 151 Å². The number of nitrogens with zero attached hydrogens (tertiary/aromatic N) is 1. The summed E-state index contributed by atoms with van der Waals surface area (Å²) in [7, 11) is 0. The van der Waals surface area contributed by atoms with Crippen LogP contribution in [0.25, 0.3) is 0 Å². The largest absolute Gasteiger partial charge is 0.444 e. The fourth-order valence-corrected chi connectivity index (χ4v) is 4.13. The molecule has 10 heteroatoms. The number of carbonyl (C=O) groups excluding carboxylic acids is 4. The Morgan fingerprint density at radius 2 is 1.72 bits per heavy atom. The minimum Gasteiger partial charge on any atom is -0.444 e. The van der Waals surface area contributed by atoms with Crippen LogP contribution in [-0.2, 0) is 25.7 Å². The van der Waals surface area contributed by atoms with E-state index < -0.39 is 48.1 Å². The lowest BCUT2D eigenvalue weighted by molar-refractivity contribution is -0.143. The van der Waals surface area contributed by atoms with Gasteiger partial charge in [-0.05, 0) is 57.7 Å². The van der Waals surface area contributed by atoms with Gasteiger partial charge in [0.25, 0.3) is 0 Å². The molecule has 0 fully saturated rings. The average molecular weight is 541 g/mol. The van der Waals surface area contributed by atoms with Crippen molar-refractivity contribution in [3.05, 3.63) is 70.8 Å². The molecule has 0 bridgehead atoms. The molecule has 0 aliphatic rings. The number of alkyl carbamates (subject to hydrolysis) is 1. The van der Waals surface area contributed by atoms with Gasteiger partial charge in [-0.1, -0.05) is 54.1 Å². The van der Waals surface area contributed by atoms with Gasteiger partial charge >= 0.3 is 6.09 Å². The molecule has 2 aromatic rings. The van der Waals surface area contributed by atoms with Crippen LogP contribution in [0.4, 0.5) is 4.79 Å². The molecule has 0 aliphatic carbocycles. The quantitative estimate of drug-likeness (QED) is 0.325. The van der Waals surface area contributed by atoms with Gasteiger partial charge in [0.15, 0.2) is 0 Å². The third-order valence-electron chi connectivity index (χ3n) is 5.88. The van der Waals surface area contributed by atoms with E-state index in [0.29, 0.717) is 5.56 Å². The van der Waals surface area contributed by atoms with Crippen molar-refractivity contribution in [1.29, 1.82) is 0 Å². The summed E-state index contributed by atoms with van der Waals surface area (Å²) in [4.78, 5) is 53.0. The average Bonchev–Trinajstić information content (AvgIpc) is 2.85. The molecule has 10 nitrogen and oxygen atoms in total. The van der Waals surface area contributed by atoms with E-state index in [1.807, 2.05) is 56.3 Å². The third-order valence-corrected chi connectivity index (χ3v) is 5.88. The highest BCUT2D eigenvalue weighted by atomic mass is 16.6. The van der Waals surface area contributed by atoms with Crippen molar-refractivity contribution >= 4 is 23.8 Å². The first-order valence-electron chi connectivity index (χ1n) is 12.9. The molecule has 0 heterocycles. The summed E-state index contributed by atoms with van der Waals surface area (Å²) >= 11 is 0. The Morgan fingerprint density at radius 3 is 2.28 bits per heavy atom.